The molecule has 0 spiro atoms. The summed E-state index contributed by atoms with van der Waals surface area (Å²) < 4.78 is 11.9. The van der Waals surface area contributed by atoms with Crippen LogP contribution in [0.2, 0.25) is 15.1 Å². The molecule has 0 atom stereocenters. The van der Waals surface area contributed by atoms with Crippen molar-refractivity contribution in [2.75, 3.05) is 0 Å². The number of benzene rings is 3. The van der Waals surface area contributed by atoms with Crippen LogP contribution in [-0.2, 0) is 9.53 Å². The number of ether oxygens (including phenoxy) is 2. The van der Waals surface area contributed by atoms with Gasteiger partial charge >= 0.3 is 11.9 Å². The first kappa shape index (κ1) is 23.6. The molecule has 0 aliphatic carbocycles. The van der Waals surface area contributed by atoms with Gasteiger partial charge in [-0.05, 0) is 48.9 Å². The lowest BCUT2D eigenvalue weighted by Crippen LogP contribution is -2.10. The molecule has 0 amide bonds. The fraction of sp³-hybridized carbons (Fsp3) is 0.0385. The average molecular weight is 543 g/mol. The van der Waals surface area contributed by atoms with E-state index in [4.69, 9.17) is 44.3 Å². The van der Waals surface area contributed by atoms with E-state index in [2.05, 4.69) is 4.99 Å². The average Bonchev–Trinajstić information content (AvgIpc) is 3.33. The molecule has 2 heterocycles. The fourth-order valence-electron chi connectivity index (χ4n) is 3.47. The summed E-state index contributed by atoms with van der Waals surface area (Å²) in [6, 6.07) is 17.1. The summed E-state index contributed by atoms with van der Waals surface area (Å²) in [5.74, 6) is -0.940. The third kappa shape index (κ3) is 4.70. The number of carbonyl (C=O) groups is 2. The largest absolute Gasteiger partial charge is 0.422 e. The molecule has 3 aromatic carbocycles. The number of hydrogen-bond acceptors (Lipinski definition) is 6. The molecule has 0 saturated carbocycles. The van der Waals surface area contributed by atoms with Gasteiger partial charge < -0.3 is 9.47 Å². The van der Waals surface area contributed by atoms with E-state index < -0.39 is 11.9 Å². The van der Waals surface area contributed by atoms with Gasteiger partial charge in [-0.25, -0.2) is 14.6 Å². The second kappa shape index (κ2) is 9.47. The molecule has 0 unspecified atom stereocenters. The van der Waals surface area contributed by atoms with Gasteiger partial charge in [0.25, 0.3) is 0 Å². The molecule has 1 aliphatic heterocycles. The van der Waals surface area contributed by atoms with Crippen LogP contribution in [0.15, 0.2) is 71.4 Å². The number of carbonyl (C=O) groups excluding carboxylic acids is 2. The maximum atomic E-state index is 12.7. The summed E-state index contributed by atoms with van der Waals surface area (Å²) in [7, 11) is 0. The van der Waals surface area contributed by atoms with Gasteiger partial charge in [0.2, 0.25) is 5.90 Å². The normalized spacial score (nSPS) is 14.3. The minimum absolute atomic E-state index is 0.0535. The number of halogens is 3. The highest BCUT2D eigenvalue weighted by atomic mass is 35.5. The standard InChI is InChI=1S/C26H14Cl3NO4S/c1-13-6-8-17-21(10-13)35-23(22(17)29)24-30-19(26(32)34-24)11-14-4-2-3-5-20(14)33-25(31)16-9-7-15(27)12-18(16)28/h2-12H,1H3/b19-11+. The Labute approximate surface area is 219 Å². The lowest BCUT2D eigenvalue weighted by Gasteiger charge is -2.09. The van der Waals surface area contributed by atoms with Crippen molar-refractivity contribution in [2.24, 2.45) is 4.99 Å². The van der Waals surface area contributed by atoms with Crippen molar-refractivity contribution in [1.29, 1.82) is 0 Å². The van der Waals surface area contributed by atoms with E-state index in [0.29, 0.717) is 20.5 Å². The highest BCUT2D eigenvalue weighted by Crippen LogP contribution is 2.38. The van der Waals surface area contributed by atoms with Gasteiger partial charge in [-0.3, -0.25) is 0 Å². The summed E-state index contributed by atoms with van der Waals surface area (Å²) >= 11 is 20.0. The molecule has 0 fully saturated rings. The lowest BCUT2D eigenvalue weighted by molar-refractivity contribution is -0.129. The van der Waals surface area contributed by atoms with Crippen LogP contribution >= 0.6 is 46.1 Å². The van der Waals surface area contributed by atoms with Crippen molar-refractivity contribution in [3.05, 3.63) is 103 Å². The van der Waals surface area contributed by atoms with E-state index in [-0.39, 0.29) is 27.9 Å². The highest BCUT2D eigenvalue weighted by molar-refractivity contribution is 7.21. The smallest absolute Gasteiger partial charge is 0.363 e. The number of hydrogen-bond donors (Lipinski definition) is 0. The monoisotopic (exact) mass is 541 g/mol. The first-order valence-corrected chi connectivity index (χ1v) is 12.2. The number of nitrogens with zero attached hydrogens (tertiary/aromatic N) is 1. The van der Waals surface area contributed by atoms with Gasteiger partial charge in [0.05, 0.1) is 15.6 Å². The van der Waals surface area contributed by atoms with E-state index in [1.54, 1.807) is 30.3 Å². The Kier molecular flexibility index (Phi) is 6.38. The molecular formula is C26H14Cl3NO4S. The van der Waals surface area contributed by atoms with Crippen LogP contribution in [0.4, 0.5) is 0 Å². The zero-order chi connectivity index (χ0) is 24.7. The highest BCUT2D eigenvalue weighted by Gasteiger charge is 2.28. The first-order chi connectivity index (χ1) is 16.8. The van der Waals surface area contributed by atoms with Gasteiger partial charge in [-0.2, -0.15) is 0 Å². The summed E-state index contributed by atoms with van der Waals surface area (Å²) in [6.07, 6.45) is 1.49. The second-order valence-electron chi connectivity index (χ2n) is 7.63. The molecule has 0 N–H and O–H groups in total. The fourth-order valence-corrected chi connectivity index (χ4v) is 5.49. The molecule has 5 nitrogen and oxygen atoms in total. The molecule has 0 saturated heterocycles. The van der Waals surface area contributed by atoms with E-state index in [1.807, 2.05) is 25.1 Å². The van der Waals surface area contributed by atoms with E-state index in [1.165, 1.54) is 29.5 Å². The lowest BCUT2D eigenvalue weighted by atomic mass is 10.1. The van der Waals surface area contributed by atoms with Crippen LogP contribution in [0.25, 0.3) is 16.2 Å². The SMILES string of the molecule is Cc1ccc2c(Cl)c(C3=N/C(=C/c4ccccc4OC(=O)c4ccc(Cl)cc4Cl)C(=O)O3)sc2c1. The van der Waals surface area contributed by atoms with Gasteiger partial charge in [-0.15, -0.1) is 11.3 Å². The van der Waals surface area contributed by atoms with E-state index in [0.717, 1.165) is 15.6 Å². The van der Waals surface area contributed by atoms with Crippen LogP contribution < -0.4 is 4.74 Å². The Morgan fingerprint density at radius 2 is 1.86 bits per heavy atom. The Morgan fingerprint density at radius 3 is 2.66 bits per heavy atom. The number of rotatable bonds is 4. The third-order valence-electron chi connectivity index (χ3n) is 5.16. The quantitative estimate of drug-likeness (QED) is 0.150. The second-order valence-corrected chi connectivity index (χ2v) is 9.91. The van der Waals surface area contributed by atoms with Crippen molar-refractivity contribution >= 4 is 80.1 Å². The van der Waals surface area contributed by atoms with E-state index >= 15 is 0 Å². The minimum atomic E-state index is -0.664. The number of fused-ring (bicyclic) bond motifs is 1. The molecular weight excluding hydrogens is 529 g/mol. The molecule has 4 aromatic rings. The molecule has 0 radical (unpaired) electrons. The molecule has 9 heteroatoms. The molecule has 0 bridgehead atoms. The maximum Gasteiger partial charge on any atom is 0.363 e. The van der Waals surface area contributed by atoms with Crippen molar-refractivity contribution in [1.82, 2.24) is 0 Å². The first-order valence-electron chi connectivity index (χ1n) is 10.3. The maximum absolute atomic E-state index is 12.7. The zero-order valence-electron chi connectivity index (χ0n) is 18.0. The molecule has 1 aromatic heterocycles. The number of para-hydroxylation sites is 1. The molecule has 35 heavy (non-hydrogen) atoms. The van der Waals surface area contributed by atoms with Crippen molar-refractivity contribution in [3.63, 3.8) is 0 Å². The summed E-state index contributed by atoms with van der Waals surface area (Å²) in [5, 5.41) is 1.92. The molecule has 1 aliphatic rings. The predicted molar refractivity (Wildman–Crippen MR) is 140 cm³/mol. The van der Waals surface area contributed by atoms with Crippen molar-refractivity contribution in [3.8, 4) is 5.75 Å². The van der Waals surface area contributed by atoms with Gasteiger partial charge in [0.15, 0.2) is 5.70 Å². The Hall–Kier alpha value is -3.16. The third-order valence-corrected chi connectivity index (χ3v) is 7.36. The van der Waals surface area contributed by atoms with E-state index in [9.17, 15) is 9.59 Å². The molecule has 174 valence electrons. The zero-order valence-corrected chi connectivity index (χ0v) is 21.1. The number of aryl methyl sites for hydroxylation is 1. The topological polar surface area (TPSA) is 65.0 Å². The summed E-state index contributed by atoms with van der Waals surface area (Å²) in [6.45, 7) is 1.99. The van der Waals surface area contributed by atoms with Crippen LogP contribution in [0.1, 0.15) is 26.4 Å². The van der Waals surface area contributed by atoms with Crippen LogP contribution in [-0.4, -0.2) is 17.8 Å². The number of aliphatic imine (C=N–C) groups is 1. The van der Waals surface area contributed by atoms with Crippen molar-refractivity contribution in [2.45, 2.75) is 6.92 Å². The number of esters is 2. The predicted octanol–water partition coefficient (Wildman–Crippen LogP) is 7.73. The van der Waals surface area contributed by atoms with Gasteiger partial charge in [0, 0.05) is 20.7 Å². The van der Waals surface area contributed by atoms with Gasteiger partial charge in [-0.1, -0.05) is 65.1 Å². The number of cyclic esters (lactones) is 1. The minimum Gasteiger partial charge on any atom is -0.422 e. The summed E-state index contributed by atoms with van der Waals surface area (Å²) in [4.78, 5) is 30.2. The van der Waals surface area contributed by atoms with Crippen molar-refractivity contribution < 1.29 is 19.1 Å². The summed E-state index contributed by atoms with van der Waals surface area (Å²) in [5.41, 5.74) is 1.77. The number of thiophene rings is 1. The van der Waals surface area contributed by atoms with Gasteiger partial charge in [0.1, 0.15) is 10.6 Å². The molecule has 5 rings (SSSR count). The Bertz CT molecular complexity index is 1590. The Balaban J connectivity index is 1.47. The Morgan fingerprint density at radius 1 is 1.06 bits per heavy atom. The van der Waals surface area contributed by atoms with Crippen LogP contribution in [0.3, 0.4) is 0 Å². The van der Waals surface area contributed by atoms with Crippen LogP contribution in [0, 0.1) is 6.92 Å². The van der Waals surface area contributed by atoms with Crippen LogP contribution in [0.5, 0.6) is 5.75 Å².